The van der Waals surface area contributed by atoms with E-state index in [2.05, 4.69) is 29.9 Å². The number of rotatable bonds is 4. The van der Waals surface area contributed by atoms with Gasteiger partial charge in [0.15, 0.2) is 0 Å². The fraction of sp³-hybridized carbons (Fsp3) is 0.0426. The minimum atomic E-state index is -0.0976. The lowest BCUT2D eigenvalue weighted by atomic mass is 10.1. The quantitative estimate of drug-likeness (QED) is 0.177. The highest BCUT2D eigenvalue weighted by molar-refractivity contribution is 5.67. The van der Waals surface area contributed by atoms with Gasteiger partial charge in [0, 0.05) is 90.7 Å². The van der Waals surface area contributed by atoms with Crippen molar-refractivity contribution in [2.45, 2.75) is 13.8 Å². The Labute approximate surface area is 337 Å². The Morgan fingerprint density at radius 3 is 1.47 bits per heavy atom. The molecule has 0 N–H and O–H groups in total. The Kier molecular flexibility index (Phi) is 10.8. The zero-order valence-corrected chi connectivity index (χ0v) is 32.0. The van der Waals surface area contributed by atoms with Crippen LogP contribution in [0.3, 0.4) is 0 Å². The number of aromatic nitrogens is 9. The van der Waals surface area contributed by atoms with Gasteiger partial charge in [-0.25, -0.2) is 15.0 Å². The average molecular weight is 774 g/mol. The van der Waals surface area contributed by atoms with Crippen molar-refractivity contribution in [2.24, 2.45) is 0 Å². The third-order valence-corrected chi connectivity index (χ3v) is 9.62. The van der Waals surface area contributed by atoms with E-state index in [1.807, 2.05) is 123 Å². The molecule has 0 aliphatic heterocycles. The first-order chi connectivity index (χ1) is 28.8. The van der Waals surface area contributed by atoms with Gasteiger partial charge in [-0.05, 0) is 103 Å². The molecule has 10 rings (SSSR count). The topological polar surface area (TPSA) is 142 Å². The monoisotopic (exact) mass is 773 g/mol. The molecule has 9 aromatic heterocycles. The van der Waals surface area contributed by atoms with Gasteiger partial charge in [-0.15, -0.1) is 0 Å². The van der Waals surface area contributed by atoms with Gasteiger partial charge in [-0.1, -0.05) is 36.4 Å². The molecule has 0 saturated heterocycles. The second-order valence-corrected chi connectivity index (χ2v) is 13.4. The largest absolute Gasteiger partial charge is 0.269 e. The molecule has 0 bridgehead atoms. The molecule has 0 radical (unpaired) electrons. The summed E-state index contributed by atoms with van der Waals surface area (Å²) >= 11 is 0. The predicted molar refractivity (Wildman–Crippen MR) is 229 cm³/mol. The van der Waals surface area contributed by atoms with Gasteiger partial charge in [-0.2, -0.15) is 0 Å². The summed E-state index contributed by atoms with van der Waals surface area (Å²) in [7, 11) is 0. The highest BCUT2D eigenvalue weighted by Crippen LogP contribution is 2.21. The van der Waals surface area contributed by atoms with Crippen LogP contribution in [0.2, 0.25) is 0 Å². The van der Waals surface area contributed by atoms with Crippen molar-refractivity contribution in [2.75, 3.05) is 0 Å². The van der Waals surface area contributed by atoms with Crippen LogP contribution in [0, 0.1) is 13.8 Å². The zero-order chi connectivity index (χ0) is 40.7. The average Bonchev–Trinajstić information content (AvgIpc) is 3.29. The molecule has 0 unspecified atom stereocenters. The lowest BCUT2D eigenvalue weighted by Crippen LogP contribution is -2.15. The number of hydrogen-bond donors (Lipinski definition) is 0. The number of fused-ring (bicyclic) bond motifs is 3. The number of nitrogens with zero attached hydrogens (tertiary/aromatic N) is 9. The lowest BCUT2D eigenvalue weighted by molar-refractivity contribution is 1.02. The molecule has 286 valence electrons. The summed E-state index contributed by atoms with van der Waals surface area (Å²) in [6.07, 6.45) is 15.5. The number of benzene rings is 1. The van der Waals surface area contributed by atoms with Crippen LogP contribution in [0.4, 0.5) is 0 Å². The molecule has 0 saturated carbocycles. The van der Waals surface area contributed by atoms with Gasteiger partial charge in [0.25, 0.3) is 16.7 Å². The molecule has 0 aliphatic carbocycles. The van der Waals surface area contributed by atoms with Crippen LogP contribution in [-0.4, -0.2) is 43.1 Å². The third kappa shape index (κ3) is 8.32. The van der Waals surface area contributed by atoms with Gasteiger partial charge >= 0.3 is 0 Å². The summed E-state index contributed by atoms with van der Waals surface area (Å²) < 4.78 is 4.67. The summed E-state index contributed by atoms with van der Waals surface area (Å²) in [5, 5.41) is 0. The van der Waals surface area contributed by atoms with Gasteiger partial charge < -0.3 is 0 Å². The van der Waals surface area contributed by atoms with Crippen LogP contribution in [0.15, 0.2) is 191 Å². The second kappa shape index (κ2) is 16.9. The van der Waals surface area contributed by atoms with Gasteiger partial charge in [-0.3, -0.25) is 42.5 Å². The molecule has 1 aromatic carbocycles. The number of hydrogen-bond acceptors (Lipinski definition) is 9. The lowest BCUT2D eigenvalue weighted by Gasteiger charge is -2.08. The zero-order valence-electron chi connectivity index (χ0n) is 32.0. The van der Waals surface area contributed by atoms with Crippen LogP contribution < -0.4 is 16.7 Å². The molecule has 10 aromatic rings. The normalized spacial score (nSPS) is 10.7. The second-order valence-electron chi connectivity index (χ2n) is 13.4. The van der Waals surface area contributed by atoms with E-state index in [4.69, 9.17) is 0 Å². The summed E-state index contributed by atoms with van der Waals surface area (Å²) in [6, 6.07) is 36.9. The highest BCUT2D eigenvalue weighted by atomic mass is 16.1. The first-order valence-corrected chi connectivity index (χ1v) is 18.6. The maximum atomic E-state index is 12.5. The van der Waals surface area contributed by atoms with E-state index in [1.165, 1.54) is 10.5 Å². The first kappa shape index (κ1) is 37.7. The molecule has 12 nitrogen and oxygen atoms in total. The van der Waals surface area contributed by atoms with Crippen molar-refractivity contribution in [3.63, 3.8) is 0 Å². The van der Waals surface area contributed by atoms with Crippen molar-refractivity contribution >= 4 is 16.9 Å². The Morgan fingerprint density at radius 2 is 0.898 bits per heavy atom. The third-order valence-electron chi connectivity index (χ3n) is 9.62. The molecule has 0 atom stereocenters. The van der Waals surface area contributed by atoms with E-state index in [0.29, 0.717) is 34.0 Å². The van der Waals surface area contributed by atoms with Gasteiger partial charge in [0.2, 0.25) is 0 Å². The molecule has 0 amide bonds. The fourth-order valence-corrected chi connectivity index (χ4v) is 6.36. The van der Waals surface area contributed by atoms with E-state index in [0.717, 1.165) is 38.9 Å². The van der Waals surface area contributed by atoms with Crippen LogP contribution >= 0.6 is 0 Å². The van der Waals surface area contributed by atoms with E-state index in [9.17, 15) is 14.4 Å². The molecule has 59 heavy (non-hydrogen) atoms. The van der Waals surface area contributed by atoms with Gasteiger partial charge in [0.1, 0.15) is 16.9 Å². The van der Waals surface area contributed by atoms with Crippen molar-refractivity contribution < 1.29 is 0 Å². The van der Waals surface area contributed by atoms with E-state index in [1.54, 1.807) is 70.5 Å². The Hall–Kier alpha value is -8.25. The number of aryl methyl sites for hydroxylation is 2. The van der Waals surface area contributed by atoms with E-state index < -0.39 is 0 Å². The smallest absolute Gasteiger partial charge is 0.258 e. The molecule has 12 heteroatoms. The molecule has 9 heterocycles. The van der Waals surface area contributed by atoms with Crippen LogP contribution in [0.5, 0.6) is 0 Å². The Balaban J connectivity index is 0.000000125. The van der Waals surface area contributed by atoms with Crippen molar-refractivity contribution in [3.05, 3.63) is 219 Å². The van der Waals surface area contributed by atoms with E-state index in [-0.39, 0.29) is 16.7 Å². The summed E-state index contributed by atoms with van der Waals surface area (Å²) in [5.41, 5.74) is 10.6. The Morgan fingerprint density at radius 1 is 0.407 bits per heavy atom. The SMILES string of the molecule is Cc1ccn2c(=O)cc(-c3ccncc3)nc2c1C.O=c1cc(-c2ccncc2)nc2ccc(-c3ccccc3)cn12.O=c1cc(-c2ccncc2)nc2ccccn12. The van der Waals surface area contributed by atoms with Crippen molar-refractivity contribution in [1.29, 1.82) is 0 Å². The first-order valence-electron chi connectivity index (χ1n) is 18.6. The predicted octanol–water partition coefficient (Wildman–Crippen LogP) is 7.55. The number of pyridine rings is 6. The molecular weight excluding hydrogens is 739 g/mol. The molecule has 0 aliphatic rings. The van der Waals surface area contributed by atoms with E-state index >= 15 is 0 Å². The van der Waals surface area contributed by atoms with Crippen LogP contribution in [0.25, 0.3) is 61.8 Å². The van der Waals surface area contributed by atoms with Crippen LogP contribution in [-0.2, 0) is 0 Å². The highest BCUT2D eigenvalue weighted by Gasteiger charge is 2.09. The van der Waals surface area contributed by atoms with Gasteiger partial charge in [0.05, 0.1) is 17.1 Å². The van der Waals surface area contributed by atoms with Crippen LogP contribution in [0.1, 0.15) is 11.1 Å². The summed E-state index contributed by atoms with van der Waals surface area (Å²) in [4.78, 5) is 62.0. The molecular formula is C47H35N9O3. The maximum Gasteiger partial charge on any atom is 0.258 e. The summed E-state index contributed by atoms with van der Waals surface area (Å²) in [5.74, 6) is 0. The minimum Gasteiger partial charge on any atom is -0.269 e. The fourth-order valence-electron chi connectivity index (χ4n) is 6.36. The Bertz CT molecular complexity index is 3250. The minimum absolute atomic E-state index is 0.0695. The van der Waals surface area contributed by atoms with Crippen molar-refractivity contribution in [1.82, 2.24) is 43.1 Å². The van der Waals surface area contributed by atoms with Crippen molar-refractivity contribution in [3.8, 4) is 44.9 Å². The molecule has 0 fully saturated rings. The standard InChI is InChI=1S/C19H13N3O.C15H13N3O.C13H9N3O/c23-19-12-17(15-8-10-20-11-9-15)21-18-7-6-16(13-22(18)19)14-4-2-1-3-5-14;1-10-5-8-18-14(19)9-13(17-15(18)11(10)2)12-3-6-16-7-4-12;17-13-9-11(10-4-6-14-7-5-10)15-12-3-1-2-8-16(12)13/h1-13H;3-9H,1-2H3;1-9H. The molecule has 0 spiro atoms. The maximum absolute atomic E-state index is 12.5. The summed E-state index contributed by atoms with van der Waals surface area (Å²) in [6.45, 7) is 3.99.